The summed E-state index contributed by atoms with van der Waals surface area (Å²) in [6.07, 6.45) is 0. The fourth-order valence-corrected chi connectivity index (χ4v) is 2.52. The molecule has 2 rings (SSSR count). The molecule has 0 aliphatic carbocycles. The Morgan fingerprint density at radius 2 is 2.15 bits per heavy atom. The number of anilines is 1. The van der Waals surface area contributed by atoms with Crippen molar-refractivity contribution in [3.8, 4) is 0 Å². The topological polar surface area (TPSA) is 85.1 Å². The summed E-state index contributed by atoms with van der Waals surface area (Å²) in [7, 11) is 0. The molecule has 0 spiro atoms. The van der Waals surface area contributed by atoms with Crippen LogP contribution in [0.2, 0.25) is 5.02 Å². The monoisotopic (exact) mass is 311 g/mol. The maximum atomic E-state index is 12.1. The van der Waals surface area contributed by atoms with Gasteiger partial charge in [-0.25, -0.2) is 4.98 Å². The summed E-state index contributed by atoms with van der Waals surface area (Å²) in [4.78, 5) is 27.5. The number of aryl methyl sites for hydroxylation is 2. The summed E-state index contributed by atoms with van der Waals surface area (Å²) in [5.41, 5.74) is 0.427. The molecule has 0 saturated heterocycles. The molecule has 0 fully saturated rings. The predicted molar refractivity (Wildman–Crippen MR) is 77.6 cm³/mol. The van der Waals surface area contributed by atoms with Crippen LogP contribution in [0, 0.1) is 24.0 Å². The van der Waals surface area contributed by atoms with E-state index >= 15 is 0 Å². The largest absolute Gasteiger partial charge is 0.298 e. The van der Waals surface area contributed by atoms with Gasteiger partial charge in [0.05, 0.1) is 10.6 Å². The van der Waals surface area contributed by atoms with Crippen molar-refractivity contribution in [1.82, 2.24) is 4.98 Å². The lowest BCUT2D eigenvalue weighted by atomic mass is 10.1. The zero-order valence-electron chi connectivity index (χ0n) is 10.6. The number of benzene rings is 1. The van der Waals surface area contributed by atoms with Gasteiger partial charge in [0.1, 0.15) is 5.56 Å². The van der Waals surface area contributed by atoms with Gasteiger partial charge in [-0.2, -0.15) is 0 Å². The second-order valence-corrected chi connectivity index (χ2v) is 5.67. The minimum Gasteiger partial charge on any atom is -0.298 e. The second-order valence-electron chi connectivity index (χ2n) is 4.03. The van der Waals surface area contributed by atoms with E-state index in [2.05, 4.69) is 10.3 Å². The maximum Gasteiger partial charge on any atom is 0.282 e. The molecule has 1 aromatic heterocycles. The van der Waals surface area contributed by atoms with Gasteiger partial charge in [-0.05, 0) is 26.0 Å². The van der Waals surface area contributed by atoms with E-state index in [4.69, 9.17) is 11.6 Å². The van der Waals surface area contributed by atoms with Crippen LogP contribution in [-0.2, 0) is 0 Å². The number of carbonyl (C=O) groups is 1. The number of rotatable bonds is 3. The van der Waals surface area contributed by atoms with Crippen LogP contribution in [0.1, 0.15) is 20.9 Å². The Hall–Kier alpha value is -1.99. The predicted octanol–water partition coefficient (Wildman–Crippen LogP) is 3.57. The molecular weight excluding hydrogens is 302 g/mol. The minimum atomic E-state index is -0.621. The Morgan fingerprint density at radius 1 is 1.45 bits per heavy atom. The summed E-state index contributed by atoms with van der Waals surface area (Å²) in [6, 6.07) is 3.84. The third-order valence-electron chi connectivity index (χ3n) is 2.65. The highest BCUT2D eigenvalue weighted by atomic mass is 35.5. The molecule has 0 aliphatic rings. The fraction of sp³-hybridized carbons (Fsp3) is 0.167. The summed E-state index contributed by atoms with van der Waals surface area (Å²) in [6.45, 7) is 3.70. The lowest BCUT2D eigenvalue weighted by molar-refractivity contribution is -0.385. The van der Waals surface area contributed by atoms with Gasteiger partial charge in [-0.3, -0.25) is 20.2 Å². The number of carbonyl (C=O) groups excluding carboxylic acids is 1. The summed E-state index contributed by atoms with van der Waals surface area (Å²) >= 11 is 7.09. The van der Waals surface area contributed by atoms with Crippen LogP contribution < -0.4 is 5.32 Å². The lowest BCUT2D eigenvalue weighted by Gasteiger charge is -2.03. The van der Waals surface area contributed by atoms with Crippen molar-refractivity contribution in [3.63, 3.8) is 0 Å². The number of nitrogens with zero attached hydrogens (tertiary/aromatic N) is 2. The van der Waals surface area contributed by atoms with Gasteiger partial charge >= 0.3 is 0 Å². The molecule has 1 aromatic carbocycles. The summed E-state index contributed by atoms with van der Waals surface area (Å²) in [5, 5.41) is 14.1. The number of hydrogen-bond acceptors (Lipinski definition) is 5. The molecule has 0 bridgehead atoms. The highest BCUT2D eigenvalue weighted by Gasteiger charge is 2.21. The molecule has 1 N–H and O–H groups in total. The van der Waals surface area contributed by atoms with E-state index in [9.17, 15) is 14.9 Å². The number of nitro groups is 1. The zero-order valence-corrected chi connectivity index (χ0v) is 12.2. The zero-order chi connectivity index (χ0) is 14.9. The Kier molecular flexibility index (Phi) is 4.01. The van der Waals surface area contributed by atoms with Gasteiger partial charge in [-0.15, -0.1) is 11.3 Å². The number of nitro benzene ring substituents is 1. The first-order valence-electron chi connectivity index (χ1n) is 5.58. The van der Waals surface area contributed by atoms with Crippen molar-refractivity contribution in [3.05, 3.63) is 49.5 Å². The molecule has 2 aromatic rings. The first-order valence-corrected chi connectivity index (χ1v) is 6.77. The first-order chi connectivity index (χ1) is 9.38. The van der Waals surface area contributed by atoms with E-state index in [0.717, 1.165) is 10.6 Å². The highest BCUT2D eigenvalue weighted by molar-refractivity contribution is 7.15. The first kappa shape index (κ1) is 14.4. The van der Waals surface area contributed by atoms with Crippen LogP contribution in [0.25, 0.3) is 0 Å². The van der Waals surface area contributed by atoms with Gasteiger partial charge in [0.15, 0.2) is 5.13 Å². The van der Waals surface area contributed by atoms with Gasteiger partial charge < -0.3 is 0 Å². The number of amides is 1. The quantitative estimate of drug-likeness (QED) is 0.693. The van der Waals surface area contributed by atoms with Crippen molar-refractivity contribution in [2.75, 3.05) is 5.32 Å². The van der Waals surface area contributed by atoms with Gasteiger partial charge in [0.2, 0.25) is 0 Å². The summed E-state index contributed by atoms with van der Waals surface area (Å²) in [5.74, 6) is -0.604. The molecule has 8 heteroatoms. The standard InChI is InChI=1S/C12H10ClN3O3S/c1-6-7(2)20-12(14-6)15-11(17)9-5-8(13)3-4-10(9)16(18)19/h3-5H,1-2H3,(H,14,15,17). The van der Waals surface area contributed by atoms with Crippen LogP contribution in [0.3, 0.4) is 0 Å². The average molecular weight is 312 g/mol. The Labute approximate surface area is 123 Å². The van der Waals surface area contributed by atoms with Crippen LogP contribution in [0.5, 0.6) is 0 Å². The number of thiazole rings is 1. The molecular formula is C12H10ClN3O3S. The maximum absolute atomic E-state index is 12.1. The lowest BCUT2D eigenvalue weighted by Crippen LogP contribution is -2.13. The Balaban J connectivity index is 2.33. The van der Waals surface area contributed by atoms with Crippen molar-refractivity contribution < 1.29 is 9.72 Å². The van der Waals surface area contributed by atoms with Gasteiger partial charge in [0.25, 0.3) is 11.6 Å². The van der Waals surface area contributed by atoms with Gasteiger partial charge in [0, 0.05) is 16.0 Å². The van der Waals surface area contributed by atoms with E-state index in [-0.39, 0.29) is 16.3 Å². The van der Waals surface area contributed by atoms with Gasteiger partial charge in [-0.1, -0.05) is 11.6 Å². The fourth-order valence-electron chi connectivity index (χ4n) is 1.54. The number of halogens is 1. The third kappa shape index (κ3) is 2.94. The Bertz CT molecular complexity index is 680. The van der Waals surface area contributed by atoms with Crippen LogP contribution in [-0.4, -0.2) is 15.8 Å². The van der Waals surface area contributed by atoms with Crippen molar-refractivity contribution in [1.29, 1.82) is 0 Å². The summed E-state index contributed by atoms with van der Waals surface area (Å²) < 4.78 is 0. The van der Waals surface area contributed by atoms with Crippen LogP contribution in [0.4, 0.5) is 10.8 Å². The highest BCUT2D eigenvalue weighted by Crippen LogP contribution is 2.26. The normalized spacial score (nSPS) is 10.3. The van der Waals surface area contributed by atoms with Crippen molar-refractivity contribution >= 4 is 39.7 Å². The third-order valence-corrected chi connectivity index (χ3v) is 3.87. The van der Waals surface area contributed by atoms with Crippen LogP contribution >= 0.6 is 22.9 Å². The number of hydrogen-bond donors (Lipinski definition) is 1. The van der Waals surface area contributed by atoms with E-state index in [1.54, 1.807) is 0 Å². The molecule has 0 atom stereocenters. The molecule has 0 saturated carbocycles. The molecule has 0 unspecified atom stereocenters. The minimum absolute atomic E-state index is 0.0898. The molecule has 20 heavy (non-hydrogen) atoms. The second kappa shape index (κ2) is 5.56. The molecule has 1 amide bonds. The van der Waals surface area contributed by atoms with Crippen LogP contribution in [0.15, 0.2) is 18.2 Å². The number of nitrogens with one attached hydrogen (secondary N) is 1. The average Bonchev–Trinajstić information content (AvgIpc) is 2.67. The smallest absolute Gasteiger partial charge is 0.282 e. The van der Waals surface area contributed by atoms with E-state index in [1.165, 1.54) is 29.5 Å². The van der Waals surface area contributed by atoms with E-state index < -0.39 is 10.8 Å². The molecule has 0 aliphatic heterocycles. The van der Waals surface area contributed by atoms with E-state index in [1.807, 2.05) is 13.8 Å². The molecule has 1 heterocycles. The van der Waals surface area contributed by atoms with E-state index in [0.29, 0.717) is 5.13 Å². The molecule has 6 nitrogen and oxygen atoms in total. The van der Waals surface area contributed by atoms with Crippen molar-refractivity contribution in [2.45, 2.75) is 13.8 Å². The Morgan fingerprint density at radius 3 is 2.70 bits per heavy atom. The SMILES string of the molecule is Cc1nc(NC(=O)c2cc(Cl)ccc2[N+](=O)[O-])sc1C. The van der Waals surface area contributed by atoms with Crippen molar-refractivity contribution in [2.24, 2.45) is 0 Å². The molecule has 0 radical (unpaired) electrons. The molecule has 104 valence electrons. The number of aromatic nitrogens is 1.